The van der Waals surface area contributed by atoms with Crippen molar-refractivity contribution < 1.29 is 22.8 Å². The summed E-state index contributed by atoms with van der Waals surface area (Å²) in [6, 6.07) is 3.68. The predicted octanol–water partition coefficient (Wildman–Crippen LogP) is 3.82. The van der Waals surface area contributed by atoms with Crippen molar-refractivity contribution in [2.45, 2.75) is 50.7 Å². The summed E-state index contributed by atoms with van der Waals surface area (Å²) in [5.41, 5.74) is 2.58. The van der Waals surface area contributed by atoms with Gasteiger partial charge in [-0.3, -0.25) is 14.3 Å². The second-order valence-electron chi connectivity index (χ2n) is 8.29. The molecule has 1 saturated carbocycles. The number of hydrogen-bond donors (Lipinski definition) is 2. The van der Waals surface area contributed by atoms with Crippen LogP contribution in [0, 0.1) is 0 Å². The number of ketones is 1. The van der Waals surface area contributed by atoms with Gasteiger partial charge in [0.2, 0.25) is 0 Å². The van der Waals surface area contributed by atoms with Gasteiger partial charge in [-0.1, -0.05) is 0 Å². The molecule has 0 aromatic carbocycles. The first-order valence-corrected chi connectivity index (χ1v) is 11.1. The molecule has 184 valence electrons. The minimum absolute atomic E-state index is 0.00180. The third-order valence-electron chi connectivity index (χ3n) is 5.54. The van der Waals surface area contributed by atoms with E-state index in [1.807, 2.05) is 6.07 Å². The molecule has 12 heteroatoms. The lowest BCUT2D eigenvalue weighted by molar-refractivity contribution is -0.137. The van der Waals surface area contributed by atoms with Crippen LogP contribution in [0.1, 0.15) is 63.8 Å². The van der Waals surface area contributed by atoms with Gasteiger partial charge in [0.15, 0.2) is 11.5 Å². The minimum atomic E-state index is -4.35. The van der Waals surface area contributed by atoms with Crippen LogP contribution in [0.4, 0.5) is 24.5 Å². The zero-order valence-corrected chi connectivity index (χ0v) is 19.0. The summed E-state index contributed by atoms with van der Waals surface area (Å²) in [5.74, 6) is -0.460. The first-order valence-electron chi connectivity index (χ1n) is 11.1. The fraction of sp³-hybridized carbons (Fsp3) is 0.391. The van der Waals surface area contributed by atoms with Crippen LogP contribution in [0.3, 0.4) is 0 Å². The number of pyridine rings is 1. The lowest BCUT2D eigenvalue weighted by Gasteiger charge is -2.12. The van der Waals surface area contributed by atoms with Crippen LogP contribution in [0.15, 0.2) is 37.1 Å². The molecular weight excluding hydrogens is 463 g/mol. The van der Waals surface area contributed by atoms with Crippen LogP contribution in [0.25, 0.3) is 0 Å². The summed E-state index contributed by atoms with van der Waals surface area (Å²) < 4.78 is 38.9. The van der Waals surface area contributed by atoms with Crippen molar-refractivity contribution in [3.8, 4) is 0 Å². The Labute approximate surface area is 199 Å². The van der Waals surface area contributed by atoms with Gasteiger partial charge in [-0.25, -0.2) is 15.0 Å². The molecule has 1 amide bonds. The average Bonchev–Trinajstić information content (AvgIpc) is 3.61. The van der Waals surface area contributed by atoms with E-state index in [1.165, 1.54) is 19.6 Å². The Balaban J connectivity index is 1.54. The first-order chi connectivity index (χ1) is 16.7. The Morgan fingerprint density at radius 2 is 1.89 bits per heavy atom. The number of aryl methyl sites for hydroxylation is 2. The van der Waals surface area contributed by atoms with Gasteiger partial charge in [-0.2, -0.15) is 18.3 Å². The fourth-order valence-electron chi connectivity index (χ4n) is 3.59. The number of rotatable bonds is 10. The van der Waals surface area contributed by atoms with Crippen LogP contribution in [0.5, 0.6) is 0 Å². The highest BCUT2D eigenvalue weighted by molar-refractivity contribution is 6.00. The normalized spacial score (nSPS) is 13.5. The molecule has 1 aliphatic carbocycles. The first kappa shape index (κ1) is 24.3. The molecule has 1 fully saturated rings. The van der Waals surface area contributed by atoms with Crippen LogP contribution in [-0.2, 0) is 13.0 Å². The van der Waals surface area contributed by atoms with Crippen LogP contribution >= 0.6 is 0 Å². The molecule has 4 rings (SSSR count). The Morgan fingerprint density at radius 1 is 1.14 bits per heavy atom. The molecule has 3 aromatic heterocycles. The fourth-order valence-corrected chi connectivity index (χ4v) is 3.59. The van der Waals surface area contributed by atoms with Crippen molar-refractivity contribution in [2.24, 2.45) is 0 Å². The smallest absolute Gasteiger partial charge is 0.354 e. The molecule has 0 aliphatic heterocycles. The molecule has 0 radical (unpaired) electrons. The van der Waals surface area contributed by atoms with Crippen molar-refractivity contribution in [3.05, 3.63) is 59.7 Å². The maximum Gasteiger partial charge on any atom is 0.390 e. The largest absolute Gasteiger partial charge is 0.390 e. The van der Waals surface area contributed by atoms with E-state index in [9.17, 15) is 22.8 Å². The Hall–Kier alpha value is -3.83. The van der Waals surface area contributed by atoms with Gasteiger partial charge < -0.3 is 10.6 Å². The van der Waals surface area contributed by atoms with Crippen molar-refractivity contribution in [1.29, 1.82) is 0 Å². The third kappa shape index (κ3) is 6.40. The molecule has 9 nitrogen and oxygen atoms in total. The number of nitrogens with zero attached hydrogens (tertiary/aromatic N) is 5. The van der Waals surface area contributed by atoms with Crippen molar-refractivity contribution in [2.75, 3.05) is 12.4 Å². The molecule has 0 saturated heterocycles. The van der Waals surface area contributed by atoms with E-state index in [2.05, 4.69) is 30.7 Å². The highest BCUT2D eigenvalue weighted by Gasteiger charge is 2.28. The monoisotopic (exact) mass is 487 g/mol. The Kier molecular flexibility index (Phi) is 7.08. The summed E-state index contributed by atoms with van der Waals surface area (Å²) in [5, 5.41) is 9.56. The van der Waals surface area contributed by atoms with E-state index < -0.39 is 25.0 Å². The van der Waals surface area contributed by atoms with Crippen molar-refractivity contribution in [3.63, 3.8) is 0 Å². The number of halogens is 3. The topological polar surface area (TPSA) is 115 Å². The maximum atomic E-state index is 13.2. The highest BCUT2D eigenvalue weighted by atomic mass is 19.4. The maximum absolute atomic E-state index is 13.2. The molecular formula is C23H24F3N7O2. The van der Waals surface area contributed by atoms with Crippen LogP contribution in [0.2, 0.25) is 0 Å². The predicted molar refractivity (Wildman–Crippen MR) is 120 cm³/mol. The van der Waals surface area contributed by atoms with Crippen LogP contribution in [-0.4, -0.2) is 49.6 Å². The van der Waals surface area contributed by atoms with Crippen molar-refractivity contribution >= 4 is 23.1 Å². The zero-order valence-electron chi connectivity index (χ0n) is 19.0. The van der Waals surface area contributed by atoms with E-state index >= 15 is 0 Å². The average molecular weight is 487 g/mol. The number of anilines is 2. The third-order valence-corrected chi connectivity index (χ3v) is 5.54. The molecule has 0 unspecified atom stereocenters. The molecule has 0 bridgehead atoms. The molecule has 3 aromatic rings. The SMILES string of the molecule is CNC(=O)c1nn(CCC(F)(F)F)cc1CCC(=O)c1nc(C2CC2)ccc1Nc1cncnc1. The van der Waals surface area contributed by atoms with Crippen LogP contribution < -0.4 is 10.6 Å². The minimum Gasteiger partial charge on any atom is -0.354 e. The number of hydrogen-bond acceptors (Lipinski definition) is 7. The highest BCUT2D eigenvalue weighted by Crippen LogP contribution is 2.40. The number of nitrogens with one attached hydrogen (secondary N) is 2. The van der Waals surface area contributed by atoms with Gasteiger partial charge in [-0.05, 0) is 31.4 Å². The number of carbonyl (C=O) groups excluding carboxylic acids is 2. The quantitative estimate of drug-likeness (QED) is 0.418. The van der Waals surface area contributed by atoms with Gasteiger partial charge in [0, 0.05) is 43.4 Å². The van der Waals surface area contributed by atoms with Gasteiger partial charge in [0.1, 0.15) is 12.0 Å². The number of Topliss-reactive ketones (excluding diaryl/α,β-unsaturated/α-hetero) is 1. The van der Waals surface area contributed by atoms with Gasteiger partial charge in [0.25, 0.3) is 5.91 Å². The molecule has 0 atom stereocenters. The van der Waals surface area contributed by atoms with E-state index in [-0.39, 0.29) is 30.0 Å². The lowest BCUT2D eigenvalue weighted by atomic mass is 10.0. The standard InChI is InChI=1S/C23H24F3N7O2/c1-27-22(35)20-15(12-33(32-20)9-8-23(24,25)26)4-7-19(34)21-18(30-16-10-28-13-29-11-16)6-5-17(31-21)14-2-3-14/h5-6,10-14,30H,2-4,7-9H2,1H3,(H,27,35). The molecule has 1 aliphatic rings. The number of alkyl halides is 3. The van der Waals surface area contributed by atoms with E-state index in [4.69, 9.17) is 0 Å². The summed E-state index contributed by atoms with van der Waals surface area (Å²) in [6.45, 7) is -0.417. The molecule has 0 spiro atoms. The molecule has 35 heavy (non-hydrogen) atoms. The van der Waals surface area contributed by atoms with Gasteiger partial charge >= 0.3 is 6.18 Å². The Morgan fingerprint density at radius 3 is 2.54 bits per heavy atom. The molecule has 2 N–H and O–H groups in total. The second-order valence-corrected chi connectivity index (χ2v) is 8.29. The molecule has 3 heterocycles. The lowest BCUT2D eigenvalue weighted by Crippen LogP contribution is -2.20. The van der Waals surface area contributed by atoms with Crippen molar-refractivity contribution in [1.82, 2.24) is 30.0 Å². The van der Waals surface area contributed by atoms with E-state index in [1.54, 1.807) is 18.5 Å². The van der Waals surface area contributed by atoms with E-state index in [0.29, 0.717) is 22.9 Å². The summed E-state index contributed by atoms with van der Waals surface area (Å²) in [4.78, 5) is 38.0. The van der Waals surface area contributed by atoms with E-state index in [0.717, 1.165) is 23.2 Å². The summed E-state index contributed by atoms with van der Waals surface area (Å²) >= 11 is 0. The summed E-state index contributed by atoms with van der Waals surface area (Å²) in [7, 11) is 1.41. The zero-order chi connectivity index (χ0) is 25.0. The van der Waals surface area contributed by atoms with Gasteiger partial charge in [0.05, 0.1) is 30.2 Å². The summed E-state index contributed by atoms with van der Waals surface area (Å²) in [6.07, 6.45) is 2.66. The number of carbonyl (C=O) groups is 2. The number of amides is 1. The van der Waals surface area contributed by atoms with Gasteiger partial charge in [-0.15, -0.1) is 0 Å². The second kappa shape index (κ2) is 10.2. The Bertz CT molecular complexity index is 1210. The number of aromatic nitrogens is 5.